The Bertz CT molecular complexity index is 580. The monoisotopic (exact) mass is 308 g/mol. The van der Waals surface area contributed by atoms with E-state index in [-0.39, 0.29) is 6.04 Å². The number of halogens is 2. The van der Waals surface area contributed by atoms with Gasteiger partial charge in [-0.05, 0) is 36.8 Å². The molecule has 20 heavy (non-hydrogen) atoms. The number of benzene rings is 2. The topological polar surface area (TPSA) is 15.3 Å². The Hall–Kier alpha value is -1.38. The highest BCUT2D eigenvalue weighted by Crippen LogP contribution is 2.32. The molecule has 0 aliphatic rings. The first kappa shape index (κ1) is 15.0. The van der Waals surface area contributed by atoms with Gasteiger partial charge in [0.25, 0.3) is 0 Å². The van der Waals surface area contributed by atoms with Gasteiger partial charge in [0.1, 0.15) is 0 Å². The van der Waals surface area contributed by atoms with E-state index in [1.165, 1.54) is 11.3 Å². The Morgan fingerprint density at radius 1 is 1.00 bits per heavy atom. The maximum absolute atomic E-state index is 6.19. The van der Waals surface area contributed by atoms with E-state index in [0.29, 0.717) is 10.0 Å². The lowest BCUT2D eigenvalue weighted by atomic mass is 10.1. The molecule has 0 heterocycles. The second kappa shape index (κ2) is 6.38. The van der Waals surface area contributed by atoms with Crippen molar-refractivity contribution in [3.63, 3.8) is 0 Å². The normalized spacial score (nSPS) is 12.1. The molecule has 0 aliphatic heterocycles. The molecule has 0 amide bonds. The number of hydrogen-bond donors (Lipinski definition) is 1. The van der Waals surface area contributed by atoms with Crippen LogP contribution in [-0.2, 0) is 0 Å². The summed E-state index contributed by atoms with van der Waals surface area (Å²) in [5.74, 6) is 0. The molecular weight excluding hydrogens is 291 g/mol. The molecule has 2 aromatic carbocycles. The van der Waals surface area contributed by atoms with E-state index in [9.17, 15) is 0 Å². The van der Waals surface area contributed by atoms with Crippen LogP contribution in [0.15, 0.2) is 42.5 Å². The second-order valence-electron chi connectivity index (χ2n) is 4.95. The molecule has 0 saturated carbocycles. The van der Waals surface area contributed by atoms with Gasteiger partial charge in [-0.25, -0.2) is 0 Å². The first-order valence-corrected chi connectivity index (χ1v) is 7.22. The summed E-state index contributed by atoms with van der Waals surface area (Å²) in [4.78, 5) is 2.08. The van der Waals surface area contributed by atoms with Crippen molar-refractivity contribution in [2.45, 2.75) is 13.0 Å². The van der Waals surface area contributed by atoms with E-state index in [1.807, 2.05) is 26.2 Å². The predicted molar refractivity (Wildman–Crippen MR) is 89.3 cm³/mol. The first-order chi connectivity index (χ1) is 9.49. The molecule has 0 aromatic heterocycles. The summed E-state index contributed by atoms with van der Waals surface area (Å²) < 4.78 is 0. The van der Waals surface area contributed by atoms with Crippen LogP contribution >= 0.6 is 23.2 Å². The molecule has 2 rings (SSSR count). The van der Waals surface area contributed by atoms with Crippen LogP contribution in [0.4, 0.5) is 11.4 Å². The third-order valence-electron chi connectivity index (χ3n) is 3.23. The fourth-order valence-corrected chi connectivity index (χ4v) is 2.35. The summed E-state index contributed by atoms with van der Waals surface area (Å²) in [6.07, 6.45) is 0. The van der Waals surface area contributed by atoms with Crippen LogP contribution < -0.4 is 10.2 Å². The highest BCUT2D eigenvalue weighted by atomic mass is 35.5. The molecule has 0 fully saturated rings. The standard InChI is InChI=1S/C16H18Cl2N2/c1-11(12-7-9-13(10-8-12)20(2)3)19-15-6-4-5-14(17)16(15)18/h4-11,19H,1-3H3. The van der Waals surface area contributed by atoms with Crippen LogP contribution in [0.1, 0.15) is 18.5 Å². The highest BCUT2D eigenvalue weighted by Gasteiger charge is 2.09. The minimum absolute atomic E-state index is 0.155. The number of rotatable bonds is 4. The number of hydrogen-bond acceptors (Lipinski definition) is 2. The predicted octanol–water partition coefficient (Wildman–Crippen LogP) is 5.23. The van der Waals surface area contributed by atoms with E-state index < -0.39 is 0 Å². The van der Waals surface area contributed by atoms with Crippen LogP contribution in [0, 0.1) is 0 Å². The van der Waals surface area contributed by atoms with E-state index in [2.05, 4.69) is 41.4 Å². The van der Waals surface area contributed by atoms with Crippen molar-refractivity contribution in [1.82, 2.24) is 0 Å². The molecule has 4 heteroatoms. The first-order valence-electron chi connectivity index (χ1n) is 6.47. The SMILES string of the molecule is CC(Nc1cccc(Cl)c1Cl)c1ccc(N(C)C)cc1. The Morgan fingerprint density at radius 3 is 2.25 bits per heavy atom. The maximum atomic E-state index is 6.19. The van der Waals surface area contributed by atoms with Gasteiger partial charge in [-0.1, -0.05) is 41.4 Å². The van der Waals surface area contributed by atoms with Crippen molar-refractivity contribution < 1.29 is 0 Å². The molecule has 1 N–H and O–H groups in total. The van der Waals surface area contributed by atoms with Gasteiger partial charge in [-0.15, -0.1) is 0 Å². The third kappa shape index (κ3) is 3.38. The van der Waals surface area contributed by atoms with Crippen molar-refractivity contribution in [3.05, 3.63) is 58.1 Å². The lowest BCUT2D eigenvalue weighted by Crippen LogP contribution is -2.10. The van der Waals surface area contributed by atoms with Crippen LogP contribution in [0.25, 0.3) is 0 Å². The van der Waals surface area contributed by atoms with E-state index in [0.717, 1.165) is 5.69 Å². The zero-order chi connectivity index (χ0) is 14.7. The van der Waals surface area contributed by atoms with Gasteiger partial charge < -0.3 is 10.2 Å². The summed E-state index contributed by atoms with van der Waals surface area (Å²) in [6, 6.07) is 14.2. The average Bonchev–Trinajstić information content (AvgIpc) is 2.44. The quantitative estimate of drug-likeness (QED) is 0.831. The molecule has 106 valence electrons. The van der Waals surface area contributed by atoms with Crippen LogP contribution in [0.2, 0.25) is 10.0 Å². The van der Waals surface area contributed by atoms with Crippen LogP contribution in [0.5, 0.6) is 0 Å². The molecule has 2 nitrogen and oxygen atoms in total. The molecule has 0 bridgehead atoms. The van der Waals surface area contributed by atoms with Crippen molar-refractivity contribution >= 4 is 34.6 Å². The zero-order valence-electron chi connectivity index (χ0n) is 11.8. The van der Waals surface area contributed by atoms with Gasteiger partial charge in [0.2, 0.25) is 0 Å². The van der Waals surface area contributed by atoms with Crippen molar-refractivity contribution in [2.75, 3.05) is 24.3 Å². The number of nitrogens with one attached hydrogen (secondary N) is 1. The van der Waals surface area contributed by atoms with E-state index >= 15 is 0 Å². The molecular formula is C16H18Cl2N2. The largest absolute Gasteiger partial charge is 0.378 e. The zero-order valence-corrected chi connectivity index (χ0v) is 13.3. The van der Waals surface area contributed by atoms with Crippen LogP contribution in [0.3, 0.4) is 0 Å². The van der Waals surface area contributed by atoms with Gasteiger partial charge in [0.05, 0.1) is 15.7 Å². The maximum Gasteiger partial charge on any atom is 0.0823 e. The smallest absolute Gasteiger partial charge is 0.0823 e. The fourth-order valence-electron chi connectivity index (χ4n) is 1.99. The Kier molecular flexibility index (Phi) is 4.79. The highest BCUT2D eigenvalue weighted by molar-refractivity contribution is 6.43. The Morgan fingerprint density at radius 2 is 1.65 bits per heavy atom. The second-order valence-corrected chi connectivity index (χ2v) is 5.74. The van der Waals surface area contributed by atoms with E-state index in [1.54, 1.807) is 6.07 Å². The van der Waals surface area contributed by atoms with Gasteiger partial charge in [0.15, 0.2) is 0 Å². The molecule has 2 aromatic rings. The summed E-state index contributed by atoms with van der Waals surface area (Å²) in [6.45, 7) is 2.10. The number of nitrogens with zero attached hydrogens (tertiary/aromatic N) is 1. The van der Waals surface area contributed by atoms with E-state index in [4.69, 9.17) is 23.2 Å². The van der Waals surface area contributed by atoms with Crippen molar-refractivity contribution in [3.8, 4) is 0 Å². The minimum atomic E-state index is 0.155. The van der Waals surface area contributed by atoms with Crippen molar-refractivity contribution in [1.29, 1.82) is 0 Å². The molecule has 1 unspecified atom stereocenters. The van der Waals surface area contributed by atoms with Gasteiger partial charge in [-0.2, -0.15) is 0 Å². The van der Waals surface area contributed by atoms with Crippen molar-refractivity contribution in [2.24, 2.45) is 0 Å². The molecule has 1 atom stereocenters. The molecule has 0 aliphatic carbocycles. The summed E-state index contributed by atoms with van der Waals surface area (Å²) >= 11 is 12.2. The fraction of sp³-hybridized carbons (Fsp3) is 0.250. The third-order valence-corrected chi connectivity index (χ3v) is 4.05. The van der Waals surface area contributed by atoms with Gasteiger partial charge in [-0.3, -0.25) is 0 Å². The lowest BCUT2D eigenvalue weighted by molar-refractivity contribution is 0.884. The molecule has 0 radical (unpaired) electrons. The minimum Gasteiger partial charge on any atom is -0.378 e. The Labute approximate surface area is 130 Å². The van der Waals surface area contributed by atoms with Gasteiger partial charge >= 0.3 is 0 Å². The Balaban J connectivity index is 2.15. The average molecular weight is 309 g/mol. The summed E-state index contributed by atoms with van der Waals surface area (Å²) in [7, 11) is 4.06. The number of anilines is 2. The molecule has 0 saturated heterocycles. The lowest BCUT2D eigenvalue weighted by Gasteiger charge is -2.19. The summed E-state index contributed by atoms with van der Waals surface area (Å²) in [5, 5.41) is 4.51. The summed E-state index contributed by atoms with van der Waals surface area (Å²) in [5.41, 5.74) is 3.23. The van der Waals surface area contributed by atoms with Crippen LogP contribution in [-0.4, -0.2) is 14.1 Å². The molecule has 0 spiro atoms. The van der Waals surface area contributed by atoms with Gasteiger partial charge in [0, 0.05) is 25.8 Å².